The zero-order valence-electron chi connectivity index (χ0n) is 11.2. The second kappa shape index (κ2) is 5.42. The van der Waals surface area contributed by atoms with E-state index >= 15 is 0 Å². The number of rotatable bonds is 4. The van der Waals surface area contributed by atoms with Gasteiger partial charge in [0.15, 0.2) is 0 Å². The van der Waals surface area contributed by atoms with Crippen LogP contribution in [-0.4, -0.2) is 26.8 Å². The molecule has 1 saturated carbocycles. The van der Waals surface area contributed by atoms with Crippen molar-refractivity contribution in [1.29, 1.82) is 0 Å². The lowest BCUT2D eigenvalue weighted by molar-refractivity contribution is -0.141. The molecule has 0 radical (unpaired) electrons. The highest BCUT2D eigenvalue weighted by atomic mass is 16.4. The summed E-state index contributed by atoms with van der Waals surface area (Å²) in [5.74, 6) is -1.38. The Kier molecular flexibility index (Phi) is 3.87. The predicted molar refractivity (Wildman–Crippen MR) is 68.3 cm³/mol. The van der Waals surface area contributed by atoms with Crippen LogP contribution in [0.5, 0.6) is 0 Å². The van der Waals surface area contributed by atoms with Crippen LogP contribution in [0.1, 0.15) is 30.5 Å². The summed E-state index contributed by atoms with van der Waals surface area (Å²) >= 11 is 0. The predicted octanol–water partition coefficient (Wildman–Crippen LogP) is 0.846. The minimum atomic E-state index is -0.793. The number of amides is 1. The molecule has 1 amide bonds. The summed E-state index contributed by atoms with van der Waals surface area (Å²) in [5, 5.41) is 15.9. The third-order valence-electron chi connectivity index (χ3n) is 3.94. The maximum Gasteiger partial charge on any atom is 0.306 e. The van der Waals surface area contributed by atoms with Crippen molar-refractivity contribution in [1.82, 2.24) is 15.1 Å². The van der Waals surface area contributed by atoms with E-state index in [0.29, 0.717) is 25.8 Å². The molecule has 1 aliphatic rings. The van der Waals surface area contributed by atoms with Gasteiger partial charge >= 0.3 is 5.97 Å². The Labute approximate surface area is 111 Å². The third-order valence-corrected chi connectivity index (χ3v) is 3.94. The molecule has 1 aliphatic carbocycles. The maximum atomic E-state index is 12.0. The molecular formula is C13H19N3O3. The average Bonchev–Trinajstić information content (AvgIpc) is 2.97. The first-order valence-electron chi connectivity index (χ1n) is 6.47. The van der Waals surface area contributed by atoms with Gasteiger partial charge in [-0.05, 0) is 26.2 Å². The topological polar surface area (TPSA) is 84.2 Å². The molecular weight excluding hydrogens is 246 g/mol. The van der Waals surface area contributed by atoms with Gasteiger partial charge in [-0.25, -0.2) is 0 Å². The molecule has 0 saturated heterocycles. The van der Waals surface area contributed by atoms with E-state index in [-0.39, 0.29) is 17.7 Å². The van der Waals surface area contributed by atoms with Crippen LogP contribution in [0.3, 0.4) is 0 Å². The zero-order valence-corrected chi connectivity index (χ0v) is 11.2. The molecule has 0 unspecified atom stereocenters. The molecule has 0 spiro atoms. The molecule has 19 heavy (non-hydrogen) atoms. The normalized spacial score (nSPS) is 22.4. The summed E-state index contributed by atoms with van der Waals surface area (Å²) in [6.45, 7) is 2.40. The molecule has 6 heteroatoms. The first-order chi connectivity index (χ1) is 8.99. The van der Waals surface area contributed by atoms with Gasteiger partial charge in [-0.1, -0.05) is 0 Å². The van der Waals surface area contributed by atoms with Gasteiger partial charge in [0.05, 0.1) is 12.1 Å². The van der Waals surface area contributed by atoms with Gasteiger partial charge in [0.1, 0.15) is 0 Å². The van der Waals surface area contributed by atoms with E-state index in [1.165, 1.54) is 0 Å². The molecule has 1 heterocycles. The van der Waals surface area contributed by atoms with E-state index in [4.69, 9.17) is 5.11 Å². The lowest BCUT2D eigenvalue weighted by Gasteiger charge is -2.10. The SMILES string of the molecule is Cc1c(CNC(=O)[C@@H]2CC[C@H](C(=O)O)C2)cnn1C. The zero-order chi connectivity index (χ0) is 14.0. The molecule has 2 atom stereocenters. The smallest absolute Gasteiger partial charge is 0.306 e. The van der Waals surface area contributed by atoms with Crippen molar-refractivity contribution in [2.24, 2.45) is 18.9 Å². The van der Waals surface area contributed by atoms with Crippen LogP contribution in [0.25, 0.3) is 0 Å². The van der Waals surface area contributed by atoms with Gasteiger partial charge in [-0.3, -0.25) is 14.3 Å². The molecule has 1 aromatic rings. The van der Waals surface area contributed by atoms with Gasteiger partial charge in [0.2, 0.25) is 5.91 Å². The molecule has 1 aromatic heterocycles. The van der Waals surface area contributed by atoms with Crippen LogP contribution in [0.2, 0.25) is 0 Å². The van der Waals surface area contributed by atoms with Crippen molar-refractivity contribution < 1.29 is 14.7 Å². The standard InChI is InChI=1S/C13H19N3O3/c1-8-11(7-15-16(8)2)6-14-12(17)9-3-4-10(5-9)13(18)19/h7,9-10H,3-6H2,1-2H3,(H,14,17)(H,18,19)/t9-,10+/m1/s1. The van der Waals surface area contributed by atoms with E-state index in [1.54, 1.807) is 10.9 Å². The molecule has 1 fully saturated rings. The average molecular weight is 265 g/mol. The van der Waals surface area contributed by atoms with Crippen molar-refractivity contribution in [2.75, 3.05) is 0 Å². The number of aliphatic carboxylic acids is 1. The summed E-state index contributed by atoms with van der Waals surface area (Å²) in [6.07, 6.45) is 3.45. The van der Waals surface area contributed by atoms with E-state index in [1.807, 2.05) is 14.0 Å². The fourth-order valence-corrected chi connectivity index (χ4v) is 2.49. The van der Waals surface area contributed by atoms with Crippen LogP contribution >= 0.6 is 0 Å². The Morgan fingerprint density at radius 2 is 2.16 bits per heavy atom. The largest absolute Gasteiger partial charge is 0.481 e. The number of carbonyl (C=O) groups is 2. The van der Waals surface area contributed by atoms with Gasteiger partial charge in [0.25, 0.3) is 0 Å². The van der Waals surface area contributed by atoms with Crippen LogP contribution in [0.4, 0.5) is 0 Å². The number of aromatic nitrogens is 2. The lowest BCUT2D eigenvalue weighted by atomic mass is 10.0. The van der Waals surface area contributed by atoms with Gasteiger partial charge < -0.3 is 10.4 Å². The van der Waals surface area contributed by atoms with Crippen molar-refractivity contribution in [3.05, 3.63) is 17.5 Å². The number of carboxylic acids is 1. The number of nitrogens with one attached hydrogen (secondary N) is 1. The maximum absolute atomic E-state index is 12.0. The second-order valence-electron chi connectivity index (χ2n) is 5.14. The molecule has 2 N–H and O–H groups in total. The quantitative estimate of drug-likeness (QED) is 0.845. The van der Waals surface area contributed by atoms with E-state index in [0.717, 1.165) is 11.3 Å². The van der Waals surface area contributed by atoms with E-state index in [2.05, 4.69) is 10.4 Å². The summed E-state index contributed by atoms with van der Waals surface area (Å²) in [4.78, 5) is 22.8. The number of carbonyl (C=O) groups excluding carboxylic acids is 1. The molecule has 0 aliphatic heterocycles. The Hall–Kier alpha value is -1.85. The molecule has 0 bridgehead atoms. The Balaban J connectivity index is 1.85. The summed E-state index contributed by atoms with van der Waals surface area (Å²) in [6, 6.07) is 0. The lowest BCUT2D eigenvalue weighted by Crippen LogP contribution is -2.29. The second-order valence-corrected chi connectivity index (χ2v) is 5.14. The number of carboxylic acid groups (broad SMARTS) is 1. The Morgan fingerprint density at radius 3 is 2.68 bits per heavy atom. The third kappa shape index (κ3) is 2.94. The summed E-state index contributed by atoms with van der Waals surface area (Å²) in [5.41, 5.74) is 2.01. The van der Waals surface area contributed by atoms with Crippen LogP contribution in [0, 0.1) is 18.8 Å². The number of hydrogen-bond acceptors (Lipinski definition) is 3. The first-order valence-corrected chi connectivity index (χ1v) is 6.47. The van der Waals surface area contributed by atoms with Gasteiger partial charge in [-0.2, -0.15) is 5.10 Å². The Morgan fingerprint density at radius 1 is 1.47 bits per heavy atom. The summed E-state index contributed by atoms with van der Waals surface area (Å²) in [7, 11) is 1.86. The van der Waals surface area contributed by atoms with Crippen LogP contribution in [0.15, 0.2) is 6.20 Å². The van der Waals surface area contributed by atoms with E-state index in [9.17, 15) is 9.59 Å². The van der Waals surface area contributed by atoms with Gasteiger partial charge in [-0.15, -0.1) is 0 Å². The van der Waals surface area contributed by atoms with Crippen molar-refractivity contribution in [2.45, 2.75) is 32.7 Å². The monoisotopic (exact) mass is 265 g/mol. The van der Waals surface area contributed by atoms with Crippen LogP contribution < -0.4 is 5.32 Å². The Bertz CT molecular complexity index is 495. The number of hydrogen-bond donors (Lipinski definition) is 2. The van der Waals surface area contributed by atoms with Crippen LogP contribution in [-0.2, 0) is 23.2 Å². The number of aryl methyl sites for hydroxylation is 1. The van der Waals surface area contributed by atoms with Crippen molar-refractivity contribution in [3.63, 3.8) is 0 Å². The van der Waals surface area contributed by atoms with E-state index < -0.39 is 5.97 Å². The fraction of sp³-hybridized carbons (Fsp3) is 0.615. The molecule has 2 rings (SSSR count). The number of nitrogens with zero attached hydrogens (tertiary/aromatic N) is 2. The highest BCUT2D eigenvalue weighted by molar-refractivity contribution is 5.80. The first kappa shape index (κ1) is 13.6. The molecule has 0 aromatic carbocycles. The fourth-order valence-electron chi connectivity index (χ4n) is 2.49. The van der Waals surface area contributed by atoms with Crippen molar-refractivity contribution >= 4 is 11.9 Å². The summed E-state index contributed by atoms with van der Waals surface area (Å²) < 4.78 is 1.76. The minimum absolute atomic E-state index is 0.0491. The highest BCUT2D eigenvalue weighted by Gasteiger charge is 2.33. The van der Waals surface area contributed by atoms with Crippen molar-refractivity contribution in [3.8, 4) is 0 Å². The highest BCUT2D eigenvalue weighted by Crippen LogP contribution is 2.31. The van der Waals surface area contributed by atoms with Gasteiger partial charge in [0, 0.05) is 30.8 Å². The molecule has 104 valence electrons. The minimum Gasteiger partial charge on any atom is -0.481 e. The molecule has 6 nitrogen and oxygen atoms in total.